The maximum absolute atomic E-state index is 11.9. The average Bonchev–Trinajstić information content (AvgIpc) is 2.65. The van der Waals surface area contributed by atoms with Crippen molar-refractivity contribution in [3.8, 4) is 0 Å². The molecule has 1 aromatic rings. The van der Waals surface area contributed by atoms with Gasteiger partial charge in [0.05, 0.1) is 11.7 Å². The third-order valence-electron chi connectivity index (χ3n) is 2.58. The van der Waals surface area contributed by atoms with E-state index in [1.165, 1.54) is 0 Å². The van der Waals surface area contributed by atoms with Crippen LogP contribution >= 0.6 is 11.6 Å². The molecule has 0 spiro atoms. The van der Waals surface area contributed by atoms with Crippen molar-refractivity contribution in [2.45, 2.75) is 25.5 Å². The minimum atomic E-state index is -1.03. The van der Waals surface area contributed by atoms with Crippen molar-refractivity contribution in [3.63, 3.8) is 0 Å². The first-order valence-corrected chi connectivity index (χ1v) is 5.20. The first kappa shape index (κ1) is 10.6. The SMILES string of the molecule is NCC(O)c1c(Cl)nc2n(c1=O)CCC2. The minimum absolute atomic E-state index is 0.0318. The van der Waals surface area contributed by atoms with E-state index in [1.807, 2.05) is 0 Å². The van der Waals surface area contributed by atoms with E-state index in [1.54, 1.807) is 4.57 Å². The summed E-state index contributed by atoms with van der Waals surface area (Å²) in [5.41, 5.74) is 5.15. The fraction of sp³-hybridized carbons (Fsp3) is 0.556. The molecule has 2 heterocycles. The summed E-state index contributed by atoms with van der Waals surface area (Å²) in [4.78, 5) is 16.0. The zero-order valence-electron chi connectivity index (χ0n) is 8.11. The molecule has 1 aliphatic rings. The van der Waals surface area contributed by atoms with Gasteiger partial charge in [-0.1, -0.05) is 11.6 Å². The Hall–Kier alpha value is -0.910. The molecule has 0 saturated heterocycles. The molecule has 0 saturated carbocycles. The quantitative estimate of drug-likeness (QED) is 0.691. The second kappa shape index (κ2) is 3.92. The average molecular weight is 230 g/mol. The predicted molar refractivity (Wildman–Crippen MR) is 55.8 cm³/mol. The van der Waals surface area contributed by atoms with Gasteiger partial charge in [0.15, 0.2) is 0 Å². The zero-order valence-corrected chi connectivity index (χ0v) is 8.87. The lowest BCUT2D eigenvalue weighted by molar-refractivity contribution is 0.184. The summed E-state index contributed by atoms with van der Waals surface area (Å²) in [7, 11) is 0. The van der Waals surface area contributed by atoms with E-state index in [-0.39, 0.29) is 22.8 Å². The normalized spacial score (nSPS) is 16.5. The summed E-state index contributed by atoms with van der Waals surface area (Å²) in [5.74, 6) is 0.693. The molecule has 1 aromatic heterocycles. The third-order valence-corrected chi connectivity index (χ3v) is 2.86. The molecule has 1 aliphatic heterocycles. The topological polar surface area (TPSA) is 81.1 Å². The lowest BCUT2D eigenvalue weighted by Gasteiger charge is -2.11. The van der Waals surface area contributed by atoms with E-state index < -0.39 is 6.10 Å². The molecule has 1 atom stereocenters. The molecule has 0 fully saturated rings. The van der Waals surface area contributed by atoms with Crippen molar-refractivity contribution in [3.05, 3.63) is 26.9 Å². The highest BCUT2D eigenvalue weighted by Gasteiger charge is 2.22. The van der Waals surface area contributed by atoms with Crippen LogP contribution in [0.2, 0.25) is 5.15 Å². The number of hydrogen-bond donors (Lipinski definition) is 2. The van der Waals surface area contributed by atoms with Gasteiger partial charge in [-0.25, -0.2) is 4.98 Å². The second-order valence-electron chi connectivity index (χ2n) is 3.54. The van der Waals surface area contributed by atoms with Crippen LogP contribution in [0.15, 0.2) is 4.79 Å². The van der Waals surface area contributed by atoms with E-state index in [4.69, 9.17) is 17.3 Å². The first-order chi connectivity index (χ1) is 7.15. The van der Waals surface area contributed by atoms with Crippen LogP contribution in [0.25, 0.3) is 0 Å². The predicted octanol–water partition coefficient (Wildman–Crippen LogP) is -0.165. The van der Waals surface area contributed by atoms with E-state index in [9.17, 15) is 9.90 Å². The van der Waals surface area contributed by atoms with Gasteiger partial charge in [0.25, 0.3) is 5.56 Å². The molecule has 0 bridgehead atoms. The number of hydrogen-bond acceptors (Lipinski definition) is 4. The van der Waals surface area contributed by atoms with Gasteiger partial charge in [0.2, 0.25) is 0 Å². The van der Waals surface area contributed by atoms with Gasteiger partial charge in [-0.05, 0) is 6.42 Å². The molecule has 1 unspecified atom stereocenters. The Labute approximate surface area is 91.5 Å². The number of fused-ring (bicyclic) bond motifs is 1. The third kappa shape index (κ3) is 1.67. The largest absolute Gasteiger partial charge is 0.387 e. The van der Waals surface area contributed by atoms with Crippen LogP contribution in [-0.2, 0) is 13.0 Å². The van der Waals surface area contributed by atoms with Gasteiger partial charge in [0, 0.05) is 19.5 Å². The molecule has 15 heavy (non-hydrogen) atoms. The number of aliphatic hydroxyl groups is 1. The zero-order chi connectivity index (χ0) is 11.0. The molecule has 0 amide bonds. The van der Waals surface area contributed by atoms with Gasteiger partial charge < -0.3 is 10.8 Å². The summed E-state index contributed by atoms with van der Waals surface area (Å²) in [6.45, 7) is 0.610. The maximum Gasteiger partial charge on any atom is 0.260 e. The summed E-state index contributed by atoms with van der Waals surface area (Å²) in [5, 5.41) is 9.63. The van der Waals surface area contributed by atoms with E-state index in [2.05, 4.69) is 4.98 Å². The maximum atomic E-state index is 11.9. The van der Waals surface area contributed by atoms with Crippen molar-refractivity contribution in [2.75, 3.05) is 6.54 Å². The van der Waals surface area contributed by atoms with Gasteiger partial charge in [0.1, 0.15) is 11.0 Å². The number of aliphatic hydroxyl groups excluding tert-OH is 1. The van der Waals surface area contributed by atoms with Gasteiger partial charge in [-0.3, -0.25) is 9.36 Å². The van der Waals surface area contributed by atoms with Gasteiger partial charge in [-0.2, -0.15) is 0 Å². The molecule has 82 valence electrons. The van der Waals surface area contributed by atoms with Crippen LogP contribution in [0.1, 0.15) is 23.9 Å². The van der Waals surface area contributed by atoms with Crippen LogP contribution in [0.4, 0.5) is 0 Å². The van der Waals surface area contributed by atoms with Gasteiger partial charge in [-0.15, -0.1) is 0 Å². The van der Waals surface area contributed by atoms with E-state index in [0.29, 0.717) is 12.4 Å². The Bertz CT molecular complexity index is 444. The Morgan fingerprint density at radius 2 is 2.40 bits per heavy atom. The fourth-order valence-corrected chi connectivity index (χ4v) is 2.10. The number of nitrogens with zero attached hydrogens (tertiary/aromatic N) is 2. The molecule has 0 aliphatic carbocycles. The summed E-state index contributed by atoms with van der Waals surface area (Å²) in [6.07, 6.45) is 0.616. The van der Waals surface area contributed by atoms with E-state index in [0.717, 1.165) is 12.8 Å². The first-order valence-electron chi connectivity index (χ1n) is 4.82. The molecule has 3 N–H and O–H groups in total. The summed E-state index contributed by atoms with van der Waals surface area (Å²) in [6, 6.07) is 0. The molecule has 2 rings (SSSR count). The number of aromatic nitrogens is 2. The highest BCUT2D eigenvalue weighted by Crippen LogP contribution is 2.19. The molecule has 6 heteroatoms. The lowest BCUT2D eigenvalue weighted by Crippen LogP contribution is -2.29. The number of rotatable bonds is 2. The molecule has 0 radical (unpaired) electrons. The van der Waals surface area contributed by atoms with Crippen molar-refractivity contribution >= 4 is 11.6 Å². The molecule has 5 nitrogen and oxygen atoms in total. The standard InChI is InChI=1S/C9H12ClN3O2/c10-8-7(5(14)4-11)9(15)13-3-1-2-6(13)12-8/h5,14H,1-4,11H2. The summed E-state index contributed by atoms with van der Waals surface area (Å²) < 4.78 is 1.56. The monoisotopic (exact) mass is 229 g/mol. The smallest absolute Gasteiger partial charge is 0.260 e. The highest BCUT2D eigenvalue weighted by atomic mass is 35.5. The Kier molecular flexibility index (Phi) is 2.77. The van der Waals surface area contributed by atoms with Crippen molar-refractivity contribution < 1.29 is 5.11 Å². The van der Waals surface area contributed by atoms with E-state index >= 15 is 0 Å². The van der Waals surface area contributed by atoms with Crippen molar-refractivity contribution in [1.82, 2.24) is 9.55 Å². The van der Waals surface area contributed by atoms with Crippen LogP contribution in [0, 0.1) is 0 Å². The summed E-state index contributed by atoms with van der Waals surface area (Å²) >= 11 is 5.85. The van der Waals surface area contributed by atoms with Crippen molar-refractivity contribution in [1.29, 1.82) is 0 Å². The molecule has 0 aromatic carbocycles. The van der Waals surface area contributed by atoms with Crippen LogP contribution < -0.4 is 11.3 Å². The number of halogens is 1. The Balaban J connectivity index is 2.61. The highest BCUT2D eigenvalue weighted by molar-refractivity contribution is 6.30. The minimum Gasteiger partial charge on any atom is -0.387 e. The van der Waals surface area contributed by atoms with Crippen LogP contribution in [0.3, 0.4) is 0 Å². The van der Waals surface area contributed by atoms with Crippen molar-refractivity contribution in [2.24, 2.45) is 5.73 Å². The molecular formula is C9H12ClN3O2. The number of aryl methyl sites for hydroxylation is 1. The fourth-order valence-electron chi connectivity index (χ4n) is 1.80. The number of nitrogens with two attached hydrogens (primary N) is 1. The van der Waals surface area contributed by atoms with Crippen LogP contribution in [0.5, 0.6) is 0 Å². The molecular weight excluding hydrogens is 218 g/mol. The Morgan fingerprint density at radius 1 is 1.67 bits per heavy atom. The second-order valence-corrected chi connectivity index (χ2v) is 3.90. The lowest BCUT2D eigenvalue weighted by atomic mass is 10.2. The Morgan fingerprint density at radius 3 is 3.07 bits per heavy atom. The van der Waals surface area contributed by atoms with Gasteiger partial charge >= 0.3 is 0 Å². The van der Waals surface area contributed by atoms with Crippen LogP contribution in [-0.4, -0.2) is 21.2 Å².